The summed E-state index contributed by atoms with van der Waals surface area (Å²) in [5.74, 6) is 0.206. The summed E-state index contributed by atoms with van der Waals surface area (Å²) in [6.07, 6.45) is 0. The van der Waals surface area contributed by atoms with Gasteiger partial charge in [0.15, 0.2) is 5.69 Å². The van der Waals surface area contributed by atoms with Crippen LogP contribution in [0.3, 0.4) is 0 Å². The SMILES string of the molecule is CCOC(=O)c1nn(-c2cccc(NC(=O)N3CCOCC3)c2)c2c1CSc1ccccc1-2. The minimum Gasteiger partial charge on any atom is -0.461 e. The fourth-order valence-corrected chi connectivity index (χ4v) is 5.10. The largest absolute Gasteiger partial charge is 0.461 e. The fraction of sp³-hybridized carbons (Fsp3) is 0.292. The first-order valence-electron chi connectivity index (χ1n) is 10.9. The third-order valence-electron chi connectivity index (χ3n) is 5.61. The first kappa shape index (κ1) is 21.5. The van der Waals surface area contributed by atoms with Crippen molar-refractivity contribution in [2.75, 3.05) is 38.2 Å². The number of anilines is 1. The van der Waals surface area contributed by atoms with Crippen molar-refractivity contribution in [3.63, 3.8) is 0 Å². The lowest BCUT2D eigenvalue weighted by Gasteiger charge is -2.27. The molecule has 0 unspecified atom stereocenters. The van der Waals surface area contributed by atoms with Gasteiger partial charge in [-0.2, -0.15) is 5.10 Å². The lowest BCUT2D eigenvalue weighted by molar-refractivity contribution is 0.0518. The summed E-state index contributed by atoms with van der Waals surface area (Å²) in [6.45, 7) is 4.28. The maximum absolute atomic E-state index is 12.7. The van der Waals surface area contributed by atoms with Crippen LogP contribution >= 0.6 is 11.8 Å². The summed E-state index contributed by atoms with van der Waals surface area (Å²) in [4.78, 5) is 28.2. The monoisotopic (exact) mass is 464 g/mol. The van der Waals surface area contributed by atoms with Crippen molar-refractivity contribution in [3.8, 4) is 16.9 Å². The van der Waals surface area contributed by atoms with E-state index in [0.717, 1.165) is 27.4 Å². The molecule has 170 valence electrons. The van der Waals surface area contributed by atoms with Gasteiger partial charge in [-0.1, -0.05) is 24.3 Å². The Morgan fingerprint density at radius 2 is 1.97 bits per heavy atom. The second-order valence-electron chi connectivity index (χ2n) is 7.67. The topological polar surface area (TPSA) is 85.7 Å². The highest BCUT2D eigenvalue weighted by atomic mass is 32.2. The summed E-state index contributed by atoms with van der Waals surface area (Å²) in [5.41, 5.74) is 4.50. The lowest BCUT2D eigenvalue weighted by atomic mass is 10.1. The summed E-state index contributed by atoms with van der Waals surface area (Å²) in [5, 5.41) is 7.64. The van der Waals surface area contributed by atoms with Crippen LogP contribution in [0, 0.1) is 0 Å². The first-order valence-corrected chi connectivity index (χ1v) is 11.9. The van der Waals surface area contributed by atoms with Gasteiger partial charge >= 0.3 is 12.0 Å². The Kier molecular flexibility index (Phi) is 6.06. The molecule has 2 aliphatic rings. The number of aromatic nitrogens is 2. The number of thioether (sulfide) groups is 1. The highest BCUT2D eigenvalue weighted by molar-refractivity contribution is 7.98. The number of fused-ring (bicyclic) bond motifs is 3. The smallest absolute Gasteiger partial charge is 0.359 e. The molecule has 3 aromatic rings. The zero-order chi connectivity index (χ0) is 22.8. The van der Waals surface area contributed by atoms with Gasteiger partial charge in [0.05, 0.1) is 31.2 Å². The number of carbonyl (C=O) groups excluding carboxylic acids is 2. The van der Waals surface area contributed by atoms with Gasteiger partial charge in [0, 0.05) is 40.6 Å². The third kappa shape index (κ3) is 4.21. The molecule has 5 rings (SSSR count). The Labute approximate surface area is 195 Å². The average Bonchev–Trinajstić information content (AvgIpc) is 3.25. The molecule has 33 heavy (non-hydrogen) atoms. The van der Waals surface area contributed by atoms with Gasteiger partial charge in [0.2, 0.25) is 0 Å². The van der Waals surface area contributed by atoms with E-state index in [1.165, 1.54) is 0 Å². The Morgan fingerprint density at radius 1 is 1.15 bits per heavy atom. The molecule has 0 saturated carbocycles. The van der Waals surface area contributed by atoms with Gasteiger partial charge in [-0.15, -0.1) is 11.8 Å². The molecule has 8 nitrogen and oxygen atoms in total. The van der Waals surface area contributed by atoms with E-state index in [9.17, 15) is 9.59 Å². The van der Waals surface area contributed by atoms with E-state index in [1.54, 1.807) is 28.3 Å². The minimum absolute atomic E-state index is 0.160. The van der Waals surface area contributed by atoms with Gasteiger partial charge in [-0.3, -0.25) is 0 Å². The number of nitrogens with one attached hydrogen (secondary N) is 1. The number of benzene rings is 2. The van der Waals surface area contributed by atoms with Crippen molar-refractivity contribution in [1.29, 1.82) is 0 Å². The number of carbonyl (C=O) groups is 2. The van der Waals surface area contributed by atoms with Crippen LogP contribution in [0.1, 0.15) is 23.0 Å². The van der Waals surface area contributed by atoms with Crippen LogP contribution in [-0.4, -0.2) is 59.6 Å². The van der Waals surface area contributed by atoms with Gasteiger partial charge in [0.25, 0.3) is 0 Å². The normalized spacial score (nSPS) is 14.9. The molecular formula is C24H24N4O4S. The average molecular weight is 465 g/mol. The minimum atomic E-state index is -0.427. The predicted octanol–water partition coefficient (Wildman–Crippen LogP) is 4.19. The van der Waals surface area contributed by atoms with Crippen molar-refractivity contribution >= 4 is 29.4 Å². The number of morpholine rings is 1. The lowest BCUT2D eigenvalue weighted by Crippen LogP contribution is -2.43. The Morgan fingerprint density at radius 3 is 2.79 bits per heavy atom. The van der Waals surface area contributed by atoms with Crippen LogP contribution in [0.4, 0.5) is 10.5 Å². The van der Waals surface area contributed by atoms with E-state index in [-0.39, 0.29) is 12.6 Å². The molecule has 1 N–H and O–H groups in total. The number of amides is 2. The van der Waals surface area contributed by atoms with Crippen molar-refractivity contribution in [2.45, 2.75) is 17.6 Å². The molecular weight excluding hydrogens is 440 g/mol. The number of esters is 1. The molecule has 0 bridgehead atoms. The molecule has 2 amide bonds. The standard InChI is InChI=1S/C24H24N4O4S/c1-2-32-23(29)21-19-15-33-20-9-4-3-8-18(20)22(19)28(26-21)17-7-5-6-16(14-17)25-24(30)27-10-12-31-13-11-27/h3-9,14H,2,10-13,15H2,1H3,(H,25,30). The van der Waals surface area contributed by atoms with Crippen molar-refractivity contribution < 1.29 is 19.1 Å². The zero-order valence-corrected chi connectivity index (χ0v) is 19.1. The highest BCUT2D eigenvalue weighted by Crippen LogP contribution is 2.43. The summed E-state index contributed by atoms with van der Waals surface area (Å²) >= 11 is 1.68. The number of nitrogens with zero attached hydrogens (tertiary/aromatic N) is 3. The van der Waals surface area contributed by atoms with Gasteiger partial charge in [-0.25, -0.2) is 14.3 Å². The van der Waals surface area contributed by atoms with Crippen LogP contribution in [-0.2, 0) is 15.2 Å². The molecule has 9 heteroatoms. The predicted molar refractivity (Wildman–Crippen MR) is 126 cm³/mol. The van der Waals surface area contributed by atoms with Gasteiger partial charge in [0.1, 0.15) is 0 Å². The van der Waals surface area contributed by atoms with Crippen LogP contribution in [0.25, 0.3) is 16.9 Å². The Hall–Kier alpha value is -3.30. The second-order valence-corrected chi connectivity index (χ2v) is 8.69. The third-order valence-corrected chi connectivity index (χ3v) is 6.71. The van der Waals surface area contributed by atoms with E-state index < -0.39 is 5.97 Å². The Bertz CT molecular complexity index is 1200. The van der Waals surface area contributed by atoms with Crippen LogP contribution in [0.15, 0.2) is 53.4 Å². The van der Waals surface area contributed by atoms with E-state index in [1.807, 2.05) is 42.5 Å². The zero-order valence-electron chi connectivity index (χ0n) is 18.2. The fourth-order valence-electron chi connectivity index (χ4n) is 4.04. The number of hydrogen-bond donors (Lipinski definition) is 1. The molecule has 0 aliphatic carbocycles. The number of urea groups is 1. The molecule has 0 atom stereocenters. The number of ether oxygens (including phenoxy) is 2. The Balaban J connectivity index is 1.54. The maximum Gasteiger partial charge on any atom is 0.359 e. The van der Waals surface area contributed by atoms with E-state index >= 15 is 0 Å². The van der Waals surface area contributed by atoms with Crippen LogP contribution < -0.4 is 5.32 Å². The van der Waals surface area contributed by atoms with E-state index in [4.69, 9.17) is 9.47 Å². The van der Waals surface area contributed by atoms with Crippen molar-refractivity contribution in [1.82, 2.24) is 14.7 Å². The molecule has 2 aromatic carbocycles. The van der Waals surface area contributed by atoms with Gasteiger partial charge in [-0.05, 0) is 31.2 Å². The second kappa shape index (κ2) is 9.29. The van der Waals surface area contributed by atoms with Crippen LogP contribution in [0.2, 0.25) is 0 Å². The van der Waals surface area contributed by atoms with E-state index in [0.29, 0.717) is 43.4 Å². The number of hydrogen-bond acceptors (Lipinski definition) is 6. The first-order chi connectivity index (χ1) is 16.2. The van der Waals surface area contributed by atoms with E-state index in [2.05, 4.69) is 16.5 Å². The number of rotatable bonds is 4. The molecule has 1 aromatic heterocycles. The van der Waals surface area contributed by atoms with Gasteiger partial charge < -0.3 is 19.7 Å². The molecule has 3 heterocycles. The van der Waals surface area contributed by atoms with Crippen LogP contribution in [0.5, 0.6) is 0 Å². The van der Waals surface area contributed by atoms with Crippen molar-refractivity contribution in [2.24, 2.45) is 0 Å². The molecule has 0 radical (unpaired) electrons. The highest BCUT2D eigenvalue weighted by Gasteiger charge is 2.30. The molecule has 1 fully saturated rings. The summed E-state index contributed by atoms with van der Waals surface area (Å²) < 4.78 is 12.4. The summed E-state index contributed by atoms with van der Waals surface area (Å²) in [6, 6.07) is 15.4. The van der Waals surface area contributed by atoms with Crippen molar-refractivity contribution in [3.05, 3.63) is 59.8 Å². The quantitative estimate of drug-likeness (QED) is 0.583. The summed E-state index contributed by atoms with van der Waals surface area (Å²) in [7, 11) is 0. The molecule has 1 saturated heterocycles. The maximum atomic E-state index is 12.7. The molecule has 2 aliphatic heterocycles. The molecule has 0 spiro atoms.